The van der Waals surface area contributed by atoms with Crippen molar-refractivity contribution in [3.8, 4) is 11.5 Å². The number of nitrogens with zero attached hydrogens (tertiary/aromatic N) is 2. The summed E-state index contributed by atoms with van der Waals surface area (Å²) >= 11 is 0. The molecule has 33 heavy (non-hydrogen) atoms. The number of nitrogens with one attached hydrogen (secondary N) is 1. The Bertz CT molecular complexity index is 1090. The smallest absolute Gasteiger partial charge is 0.322 e. The maximum absolute atomic E-state index is 12.5. The maximum atomic E-state index is 12.5. The Morgan fingerprint density at radius 3 is 2.64 bits per heavy atom. The Balaban J connectivity index is 1.28. The highest BCUT2D eigenvalue weighted by atomic mass is 16.5. The lowest BCUT2D eigenvalue weighted by Gasteiger charge is -2.33. The minimum absolute atomic E-state index is 0.132. The van der Waals surface area contributed by atoms with Crippen LogP contribution in [0.2, 0.25) is 0 Å². The summed E-state index contributed by atoms with van der Waals surface area (Å²) in [7, 11) is 0. The van der Waals surface area contributed by atoms with Gasteiger partial charge in [0, 0.05) is 13.1 Å². The molecule has 4 rings (SSSR count). The summed E-state index contributed by atoms with van der Waals surface area (Å²) in [5.41, 5.74) is 4.15. The molecule has 2 aromatic carbocycles. The molecule has 0 aliphatic carbocycles. The van der Waals surface area contributed by atoms with Crippen molar-refractivity contribution >= 4 is 17.8 Å². The van der Waals surface area contributed by atoms with Gasteiger partial charge in [0.05, 0.1) is 6.20 Å². The summed E-state index contributed by atoms with van der Waals surface area (Å²) in [5.74, 6) is 1.93. The van der Waals surface area contributed by atoms with Crippen LogP contribution in [0.3, 0.4) is 0 Å². The number of aromatic nitrogens is 1. The number of urea groups is 1. The third kappa shape index (κ3) is 6.38. The molecule has 1 saturated heterocycles. The van der Waals surface area contributed by atoms with Gasteiger partial charge in [-0.1, -0.05) is 48.0 Å². The van der Waals surface area contributed by atoms with E-state index in [1.54, 1.807) is 0 Å². The fourth-order valence-corrected chi connectivity index (χ4v) is 3.85. The molecule has 1 unspecified atom stereocenters. The van der Waals surface area contributed by atoms with E-state index in [-0.39, 0.29) is 11.9 Å². The summed E-state index contributed by atoms with van der Waals surface area (Å²) in [6, 6.07) is 15.9. The van der Waals surface area contributed by atoms with Gasteiger partial charge in [0.1, 0.15) is 36.7 Å². The molecule has 2 heterocycles. The Morgan fingerprint density at radius 2 is 1.94 bits per heavy atom. The average molecular weight is 448 g/mol. The van der Waals surface area contributed by atoms with E-state index in [9.17, 15) is 4.79 Å². The molecule has 1 aliphatic rings. The lowest BCUT2D eigenvalue weighted by atomic mass is 9.91. The lowest BCUT2D eigenvalue weighted by molar-refractivity contribution is 0.198. The van der Waals surface area contributed by atoms with Gasteiger partial charge < -0.3 is 24.2 Å². The Morgan fingerprint density at radius 1 is 1.18 bits per heavy atom. The molecule has 2 amide bonds. The molecule has 0 bridgehead atoms. The van der Waals surface area contributed by atoms with Crippen molar-refractivity contribution in [2.24, 2.45) is 5.92 Å². The standard InChI is InChI=1S/C26H29N3O4/c1-19-5-3-7-24(13-19)31-11-12-32-25-8-4-6-21(15-25)14-22-9-10-29(17-20(22)2)26(30)28-23-16-27-33-18-23/h3-8,13-16,18,20H,9-12,17H2,1-2H3,(H,28,30). The van der Waals surface area contributed by atoms with Crippen molar-refractivity contribution in [3.05, 3.63) is 77.7 Å². The fourth-order valence-electron chi connectivity index (χ4n) is 3.85. The van der Waals surface area contributed by atoms with Crippen LogP contribution in [0.15, 0.2) is 71.1 Å². The zero-order valence-corrected chi connectivity index (χ0v) is 19.0. The van der Waals surface area contributed by atoms with Gasteiger partial charge in [0.15, 0.2) is 0 Å². The average Bonchev–Trinajstić information content (AvgIpc) is 3.31. The molecule has 172 valence electrons. The first-order valence-electron chi connectivity index (χ1n) is 11.1. The quantitative estimate of drug-likeness (QED) is 0.491. The number of aryl methyl sites for hydroxylation is 1. The topological polar surface area (TPSA) is 76.8 Å². The van der Waals surface area contributed by atoms with Gasteiger partial charge >= 0.3 is 6.03 Å². The Labute approximate surface area is 194 Å². The van der Waals surface area contributed by atoms with Crippen LogP contribution < -0.4 is 14.8 Å². The van der Waals surface area contributed by atoms with E-state index in [1.165, 1.54) is 23.6 Å². The number of amides is 2. The van der Waals surface area contributed by atoms with E-state index in [1.807, 2.05) is 54.3 Å². The molecule has 1 aliphatic heterocycles. The van der Waals surface area contributed by atoms with Gasteiger partial charge in [-0.25, -0.2) is 4.79 Å². The zero-order chi connectivity index (χ0) is 23.0. The third-order valence-corrected chi connectivity index (χ3v) is 5.59. The summed E-state index contributed by atoms with van der Waals surface area (Å²) < 4.78 is 16.4. The van der Waals surface area contributed by atoms with Crippen LogP contribution in [0, 0.1) is 12.8 Å². The number of rotatable bonds is 7. The molecule has 0 radical (unpaired) electrons. The highest BCUT2D eigenvalue weighted by molar-refractivity contribution is 5.89. The van der Waals surface area contributed by atoms with E-state index < -0.39 is 0 Å². The van der Waals surface area contributed by atoms with Gasteiger partial charge in [0.2, 0.25) is 0 Å². The Kier molecular flexibility index (Phi) is 7.29. The minimum atomic E-state index is -0.132. The lowest BCUT2D eigenvalue weighted by Crippen LogP contribution is -2.42. The molecule has 1 N–H and O–H groups in total. The molecule has 0 saturated carbocycles. The molecule has 1 atom stereocenters. The van der Waals surface area contributed by atoms with Crippen molar-refractivity contribution < 1.29 is 18.8 Å². The number of hydrogen-bond donors (Lipinski definition) is 1. The molecular formula is C26H29N3O4. The van der Waals surface area contributed by atoms with Crippen LogP contribution in [-0.4, -0.2) is 42.4 Å². The number of carbonyl (C=O) groups is 1. The predicted octanol–water partition coefficient (Wildman–Crippen LogP) is 5.40. The van der Waals surface area contributed by atoms with E-state index >= 15 is 0 Å². The summed E-state index contributed by atoms with van der Waals surface area (Å²) in [4.78, 5) is 14.3. The monoisotopic (exact) mass is 447 g/mol. The fraction of sp³-hybridized carbons (Fsp3) is 0.308. The molecule has 3 aromatic rings. The van der Waals surface area contributed by atoms with Crippen molar-refractivity contribution in [1.82, 2.24) is 10.1 Å². The van der Waals surface area contributed by atoms with Gasteiger partial charge in [-0.15, -0.1) is 0 Å². The number of likely N-dealkylation sites (tertiary alicyclic amines) is 1. The molecule has 0 spiro atoms. The molecular weight excluding hydrogens is 418 g/mol. The van der Waals surface area contributed by atoms with E-state index in [2.05, 4.69) is 29.5 Å². The van der Waals surface area contributed by atoms with Crippen LogP contribution in [0.5, 0.6) is 11.5 Å². The van der Waals surface area contributed by atoms with Crippen LogP contribution in [0.4, 0.5) is 10.5 Å². The van der Waals surface area contributed by atoms with Crippen molar-refractivity contribution in [2.75, 3.05) is 31.6 Å². The number of anilines is 1. The second kappa shape index (κ2) is 10.7. The summed E-state index contributed by atoms with van der Waals surface area (Å²) in [6.07, 6.45) is 5.93. The highest BCUT2D eigenvalue weighted by Crippen LogP contribution is 2.26. The number of benzene rings is 2. The number of carbonyl (C=O) groups excluding carboxylic acids is 1. The Hall–Kier alpha value is -3.74. The van der Waals surface area contributed by atoms with Crippen LogP contribution >= 0.6 is 0 Å². The molecule has 1 aromatic heterocycles. The number of hydrogen-bond acceptors (Lipinski definition) is 5. The van der Waals surface area contributed by atoms with Crippen molar-refractivity contribution in [3.63, 3.8) is 0 Å². The maximum Gasteiger partial charge on any atom is 0.322 e. The number of ether oxygens (including phenoxy) is 2. The molecule has 7 heteroatoms. The van der Waals surface area contributed by atoms with Gasteiger partial charge in [0.25, 0.3) is 0 Å². The van der Waals surface area contributed by atoms with E-state index in [0.717, 1.165) is 23.5 Å². The van der Waals surface area contributed by atoms with E-state index in [4.69, 9.17) is 14.0 Å². The largest absolute Gasteiger partial charge is 0.490 e. The van der Waals surface area contributed by atoms with Crippen molar-refractivity contribution in [2.45, 2.75) is 20.3 Å². The highest BCUT2D eigenvalue weighted by Gasteiger charge is 2.24. The van der Waals surface area contributed by atoms with Crippen LogP contribution in [0.1, 0.15) is 24.5 Å². The molecule has 1 fully saturated rings. The first-order chi connectivity index (χ1) is 16.1. The van der Waals surface area contributed by atoms with Gasteiger partial charge in [-0.05, 0) is 54.7 Å². The first kappa shape index (κ1) is 22.5. The minimum Gasteiger partial charge on any atom is -0.490 e. The zero-order valence-electron chi connectivity index (χ0n) is 19.0. The normalized spacial score (nSPS) is 17.1. The second-order valence-corrected chi connectivity index (χ2v) is 8.25. The molecule has 7 nitrogen and oxygen atoms in total. The van der Waals surface area contributed by atoms with Gasteiger partial charge in [-0.2, -0.15) is 0 Å². The first-order valence-corrected chi connectivity index (χ1v) is 11.1. The van der Waals surface area contributed by atoms with Gasteiger partial charge in [-0.3, -0.25) is 0 Å². The number of piperidine rings is 1. The van der Waals surface area contributed by atoms with Crippen molar-refractivity contribution in [1.29, 1.82) is 0 Å². The summed E-state index contributed by atoms with van der Waals surface area (Å²) in [5, 5.41) is 6.41. The SMILES string of the molecule is Cc1cccc(OCCOc2cccc(C=C3CCN(C(=O)Nc4cnoc4)CC3C)c2)c1. The summed E-state index contributed by atoms with van der Waals surface area (Å²) in [6.45, 7) is 6.48. The van der Waals surface area contributed by atoms with E-state index in [0.29, 0.717) is 32.0 Å². The van der Waals surface area contributed by atoms with Crippen LogP contribution in [0.25, 0.3) is 6.08 Å². The predicted molar refractivity (Wildman–Crippen MR) is 127 cm³/mol. The second-order valence-electron chi connectivity index (χ2n) is 8.25. The van der Waals surface area contributed by atoms with Crippen LogP contribution in [-0.2, 0) is 0 Å². The third-order valence-electron chi connectivity index (χ3n) is 5.59.